The van der Waals surface area contributed by atoms with E-state index < -0.39 is 0 Å². The van der Waals surface area contributed by atoms with Crippen molar-refractivity contribution in [2.45, 2.75) is 38.5 Å². The highest BCUT2D eigenvalue weighted by Gasteiger charge is 1.83. The van der Waals surface area contributed by atoms with E-state index in [0.29, 0.717) is 0 Å². The van der Waals surface area contributed by atoms with Crippen molar-refractivity contribution in [3.8, 4) is 0 Å². The van der Waals surface area contributed by atoms with Crippen molar-refractivity contribution < 1.29 is 0 Å². The molecule has 0 N–H and O–H groups in total. The molecule has 1 aliphatic carbocycles. The first kappa shape index (κ1) is 9.31. The van der Waals surface area contributed by atoms with Gasteiger partial charge < -0.3 is 0 Å². The molecule has 1 rings (SSSR count). The predicted octanol–water partition coefficient (Wildman–Crippen LogP) is 3.81. The van der Waals surface area contributed by atoms with Gasteiger partial charge >= 0.3 is 0 Å². The highest BCUT2D eigenvalue weighted by atomic mass is 13.9. The molecule has 0 saturated carbocycles. The van der Waals surface area contributed by atoms with Crippen molar-refractivity contribution in [2.24, 2.45) is 0 Å². The lowest BCUT2D eigenvalue weighted by molar-refractivity contribution is 0.856. The van der Waals surface area contributed by atoms with Crippen LogP contribution in [0.3, 0.4) is 0 Å². The molecule has 12 heavy (non-hydrogen) atoms. The molecule has 0 nitrogen and oxygen atoms in total. The molecule has 0 amide bonds. The van der Waals surface area contributed by atoms with Gasteiger partial charge in [-0.15, -0.1) is 0 Å². The maximum atomic E-state index is 3.27. The van der Waals surface area contributed by atoms with Gasteiger partial charge in [-0.2, -0.15) is 0 Å². The summed E-state index contributed by atoms with van der Waals surface area (Å²) in [7, 11) is 0. The Labute approximate surface area is 75.7 Å². The first-order valence-corrected chi connectivity index (χ1v) is 4.85. The van der Waals surface area contributed by atoms with Gasteiger partial charge in [0.2, 0.25) is 0 Å². The molecule has 0 unspecified atom stereocenters. The van der Waals surface area contributed by atoms with Crippen LogP contribution in [0.1, 0.15) is 38.5 Å². The van der Waals surface area contributed by atoms with Crippen LogP contribution in [0, 0.1) is 6.08 Å². The average Bonchev–Trinajstić information content (AvgIpc) is 2.05. The molecule has 0 heteroatoms. The Balaban J connectivity index is 2.30. The van der Waals surface area contributed by atoms with E-state index in [1.54, 1.807) is 0 Å². The normalized spacial score (nSPS) is 28.0. The summed E-state index contributed by atoms with van der Waals surface area (Å²) < 4.78 is 0. The van der Waals surface area contributed by atoms with E-state index in [4.69, 9.17) is 0 Å². The minimum Gasteiger partial charge on any atom is -0.0885 e. The lowest BCUT2D eigenvalue weighted by Crippen LogP contribution is -1.73. The molecular weight excluding hydrogens is 144 g/mol. The molecule has 0 aromatic carbocycles. The van der Waals surface area contributed by atoms with Gasteiger partial charge in [0.05, 0.1) is 0 Å². The highest BCUT2D eigenvalue weighted by Crippen LogP contribution is 2.02. The second kappa shape index (κ2) is 6.90. The maximum absolute atomic E-state index is 3.27. The van der Waals surface area contributed by atoms with Crippen molar-refractivity contribution in [1.82, 2.24) is 0 Å². The molecule has 1 radical (unpaired) electrons. The number of rotatable bonds is 0. The van der Waals surface area contributed by atoms with Gasteiger partial charge in [0.25, 0.3) is 0 Å². The standard InChI is InChI=1S/C12H17/c1-2-4-6-8-10-12-11-9-7-5-3-1/h1-2,7,9-10H,3-6,8,11H2/b2-1-,9-7-,12-10?. The lowest BCUT2D eigenvalue weighted by Gasteiger charge is -1.92. The molecule has 0 bridgehead atoms. The maximum Gasteiger partial charge on any atom is -0.00979 e. The number of hydrogen-bond donors (Lipinski definition) is 0. The molecule has 0 aliphatic heterocycles. The summed E-state index contributed by atoms with van der Waals surface area (Å²) in [6.45, 7) is 0. The van der Waals surface area contributed by atoms with Gasteiger partial charge in [-0.25, -0.2) is 0 Å². The Kier molecular flexibility index (Phi) is 5.35. The minimum absolute atomic E-state index is 0.990. The zero-order valence-electron chi connectivity index (χ0n) is 7.63. The summed E-state index contributed by atoms with van der Waals surface area (Å²) in [6.07, 6.45) is 21.5. The number of allylic oxidation sites excluding steroid dienone is 6. The summed E-state index contributed by atoms with van der Waals surface area (Å²) in [5.41, 5.74) is 0. The van der Waals surface area contributed by atoms with Crippen LogP contribution in [0.25, 0.3) is 0 Å². The molecule has 1 aliphatic rings. The fourth-order valence-corrected chi connectivity index (χ4v) is 1.22. The molecule has 0 atom stereocenters. The largest absolute Gasteiger partial charge is 0.0885 e. The third-order valence-electron chi connectivity index (χ3n) is 1.93. The van der Waals surface area contributed by atoms with Gasteiger partial charge in [-0.3, -0.25) is 0 Å². The topological polar surface area (TPSA) is 0 Å². The van der Waals surface area contributed by atoms with Crippen molar-refractivity contribution >= 4 is 0 Å². The van der Waals surface area contributed by atoms with Crippen LogP contribution >= 0.6 is 0 Å². The average molecular weight is 161 g/mol. The van der Waals surface area contributed by atoms with Crippen LogP contribution < -0.4 is 0 Å². The van der Waals surface area contributed by atoms with Crippen molar-refractivity contribution in [2.75, 3.05) is 0 Å². The Morgan fingerprint density at radius 1 is 0.750 bits per heavy atom. The van der Waals surface area contributed by atoms with Crippen molar-refractivity contribution in [3.05, 3.63) is 36.5 Å². The molecule has 0 aromatic rings. The van der Waals surface area contributed by atoms with Gasteiger partial charge in [-0.05, 0) is 44.6 Å². The fraction of sp³-hybridized carbons (Fsp3) is 0.500. The van der Waals surface area contributed by atoms with Gasteiger partial charge in [0.15, 0.2) is 0 Å². The van der Waals surface area contributed by atoms with Crippen LogP contribution in [0.5, 0.6) is 0 Å². The first-order chi connectivity index (χ1) is 6.00. The summed E-state index contributed by atoms with van der Waals surface area (Å²) in [4.78, 5) is 0. The number of hydrogen-bond acceptors (Lipinski definition) is 0. The van der Waals surface area contributed by atoms with Gasteiger partial charge in [0, 0.05) is 0 Å². The molecule has 65 valence electrons. The van der Waals surface area contributed by atoms with Crippen LogP contribution in [0.4, 0.5) is 0 Å². The summed E-state index contributed by atoms with van der Waals surface area (Å²) in [5, 5.41) is 0. The zero-order valence-corrected chi connectivity index (χ0v) is 7.63. The van der Waals surface area contributed by atoms with E-state index in [9.17, 15) is 0 Å². The first-order valence-electron chi connectivity index (χ1n) is 4.85. The Morgan fingerprint density at radius 2 is 1.50 bits per heavy atom. The smallest absolute Gasteiger partial charge is 0.00979 e. The van der Waals surface area contributed by atoms with Crippen LogP contribution in [0.15, 0.2) is 30.4 Å². The molecule has 0 saturated heterocycles. The third-order valence-corrected chi connectivity index (χ3v) is 1.93. The predicted molar refractivity (Wildman–Crippen MR) is 53.8 cm³/mol. The molecule has 0 fully saturated rings. The summed E-state index contributed by atoms with van der Waals surface area (Å²) in [6, 6.07) is 0. The van der Waals surface area contributed by atoms with E-state index in [2.05, 4.69) is 36.5 Å². The second-order valence-corrected chi connectivity index (χ2v) is 3.06. The van der Waals surface area contributed by atoms with Crippen LogP contribution in [0.2, 0.25) is 0 Å². The highest BCUT2D eigenvalue weighted by molar-refractivity contribution is 4.92. The van der Waals surface area contributed by atoms with E-state index in [1.165, 1.54) is 32.1 Å². The van der Waals surface area contributed by atoms with Crippen LogP contribution in [-0.2, 0) is 0 Å². The van der Waals surface area contributed by atoms with E-state index in [1.807, 2.05) is 0 Å². The van der Waals surface area contributed by atoms with Crippen molar-refractivity contribution in [1.29, 1.82) is 0 Å². The second-order valence-electron chi connectivity index (χ2n) is 3.06. The quantitative estimate of drug-likeness (QED) is 0.474. The van der Waals surface area contributed by atoms with E-state index in [-0.39, 0.29) is 0 Å². The Hall–Kier alpha value is -0.780. The molecular formula is C12H17. The minimum atomic E-state index is 0.990. The molecule has 0 heterocycles. The van der Waals surface area contributed by atoms with E-state index in [0.717, 1.165) is 6.42 Å². The van der Waals surface area contributed by atoms with Crippen molar-refractivity contribution in [3.63, 3.8) is 0 Å². The monoisotopic (exact) mass is 161 g/mol. The fourth-order valence-electron chi connectivity index (χ4n) is 1.22. The molecule has 0 aromatic heterocycles. The Morgan fingerprint density at radius 3 is 2.42 bits per heavy atom. The van der Waals surface area contributed by atoms with Gasteiger partial charge in [0.1, 0.15) is 0 Å². The zero-order chi connectivity index (χ0) is 8.49. The van der Waals surface area contributed by atoms with E-state index >= 15 is 0 Å². The molecule has 0 spiro atoms. The third kappa shape index (κ3) is 4.95. The lowest BCUT2D eigenvalue weighted by atomic mass is 10.1. The Bertz CT molecular complexity index is 172. The summed E-state index contributed by atoms with van der Waals surface area (Å²) >= 11 is 0. The van der Waals surface area contributed by atoms with Gasteiger partial charge in [-0.1, -0.05) is 30.4 Å². The SMILES string of the molecule is [C]1=C\CCC/C=C\CC/C=C\C/1. The summed E-state index contributed by atoms with van der Waals surface area (Å²) in [5.74, 6) is 0. The van der Waals surface area contributed by atoms with Crippen LogP contribution in [-0.4, -0.2) is 0 Å².